The summed E-state index contributed by atoms with van der Waals surface area (Å²) in [6.45, 7) is 6.77. The highest BCUT2D eigenvalue weighted by atomic mass is 16.4. The van der Waals surface area contributed by atoms with Crippen LogP contribution >= 0.6 is 0 Å². The highest BCUT2D eigenvalue weighted by Crippen LogP contribution is 2.53. The molecule has 0 spiro atoms. The summed E-state index contributed by atoms with van der Waals surface area (Å²) in [6.07, 6.45) is 61.7. The number of hydrogen-bond acceptors (Lipinski definition) is 3. The SMILES string of the molecule is CCCCCCCCC=CCCCCCCCCC(CCCCCCCCC=CCCCCCCCC)(C(=O)O)C(CCCCCCCCC=CCCCCCCCC)(CC(=O)O)C(=O)O. The van der Waals surface area contributed by atoms with Crippen LogP contribution in [-0.4, -0.2) is 33.2 Å². The first-order valence-electron chi connectivity index (χ1n) is 28.9. The first kappa shape index (κ1) is 63.6. The van der Waals surface area contributed by atoms with E-state index in [1.54, 1.807) is 0 Å². The van der Waals surface area contributed by atoms with Gasteiger partial charge in [-0.3, -0.25) is 14.4 Å². The number of carboxylic acids is 3. The maximum Gasteiger partial charge on any atom is 0.311 e. The molecule has 0 bridgehead atoms. The summed E-state index contributed by atoms with van der Waals surface area (Å²) < 4.78 is 0. The average Bonchev–Trinajstić information content (AvgIpc) is 3.29. The Morgan fingerprint density at radius 1 is 0.288 bits per heavy atom. The fraction of sp³-hybridized carbons (Fsp3) is 0.850. The van der Waals surface area contributed by atoms with Crippen molar-refractivity contribution in [3.63, 3.8) is 0 Å². The number of allylic oxidation sites excluding steroid dienone is 6. The molecule has 0 aromatic carbocycles. The molecule has 1 atom stereocenters. The van der Waals surface area contributed by atoms with Gasteiger partial charge in [-0.15, -0.1) is 0 Å². The summed E-state index contributed by atoms with van der Waals surface area (Å²) in [5, 5.41) is 32.4. The minimum atomic E-state index is -1.84. The van der Waals surface area contributed by atoms with E-state index in [-0.39, 0.29) is 19.3 Å². The zero-order chi connectivity index (χ0) is 48.5. The Morgan fingerprint density at radius 3 is 0.697 bits per heavy atom. The summed E-state index contributed by atoms with van der Waals surface area (Å²) in [5.41, 5.74) is -3.45. The van der Waals surface area contributed by atoms with Gasteiger partial charge < -0.3 is 15.3 Å². The zero-order valence-corrected chi connectivity index (χ0v) is 44.1. The standard InChI is InChI=1S/C60H110O6/c1-4-7-10-13-16-19-22-25-28-31-34-37-40-43-46-49-52-59(57(63)64,53-50-47-44-41-38-35-32-29-26-23-20-17-14-11-8-5-2)60(58(65)66,55-56(61)62)54-51-48-45-42-39-36-33-30-27-24-21-18-15-12-9-6-3/h25-30H,4-24,31-55H2,1-3H3,(H,61,62)(H,63,64)(H,65,66). The second-order valence-corrected chi connectivity index (χ2v) is 20.4. The Kier molecular flexibility index (Phi) is 46.0. The quantitative estimate of drug-likeness (QED) is 0.0414. The molecule has 3 N–H and O–H groups in total. The van der Waals surface area contributed by atoms with Gasteiger partial charge >= 0.3 is 17.9 Å². The van der Waals surface area contributed by atoms with Gasteiger partial charge in [0.1, 0.15) is 0 Å². The predicted molar refractivity (Wildman–Crippen MR) is 285 cm³/mol. The van der Waals surface area contributed by atoms with Crippen molar-refractivity contribution in [3.8, 4) is 0 Å². The van der Waals surface area contributed by atoms with Gasteiger partial charge in [0.15, 0.2) is 0 Å². The van der Waals surface area contributed by atoms with E-state index in [0.29, 0.717) is 19.3 Å². The van der Waals surface area contributed by atoms with Gasteiger partial charge in [-0.05, 0) is 96.3 Å². The molecule has 0 amide bonds. The second kappa shape index (κ2) is 47.7. The fourth-order valence-corrected chi connectivity index (χ4v) is 10.2. The lowest BCUT2D eigenvalue weighted by Gasteiger charge is -2.45. The van der Waals surface area contributed by atoms with Crippen molar-refractivity contribution >= 4 is 17.9 Å². The molecule has 0 saturated carbocycles. The van der Waals surface area contributed by atoms with E-state index in [2.05, 4.69) is 57.2 Å². The molecule has 0 aliphatic rings. The zero-order valence-electron chi connectivity index (χ0n) is 44.1. The Labute approximate surface area is 409 Å². The molecule has 0 saturated heterocycles. The molecule has 6 heteroatoms. The highest BCUT2D eigenvalue weighted by molar-refractivity contribution is 5.90. The van der Waals surface area contributed by atoms with Crippen molar-refractivity contribution in [2.24, 2.45) is 10.8 Å². The van der Waals surface area contributed by atoms with E-state index in [1.165, 1.54) is 135 Å². The summed E-state index contributed by atoms with van der Waals surface area (Å²) in [6, 6.07) is 0. The first-order valence-corrected chi connectivity index (χ1v) is 28.9. The number of rotatable bonds is 53. The lowest BCUT2D eigenvalue weighted by Crippen LogP contribution is -2.54. The van der Waals surface area contributed by atoms with Crippen LogP contribution in [0, 0.1) is 10.8 Å². The number of carbonyl (C=O) groups is 3. The maximum atomic E-state index is 13.6. The third kappa shape index (κ3) is 34.8. The molecule has 1 unspecified atom stereocenters. The highest BCUT2D eigenvalue weighted by Gasteiger charge is 2.61. The number of aliphatic carboxylic acids is 3. The van der Waals surface area contributed by atoms with Crippen molar-refractivity contribution in [3.05, 3.63) is 36.5 Å². The third-order valence-electron chi connectivity index (χ3n) is 14.5. The lowest BCUT2D eigenvalue weighted by molar-refractivity contribution is -0.182. The van der Waals surface area contributed by atoms with Crippen LogP contribution in [0.1, 0.15) is 316 Å². The molecule has 0 rings (SSSR count). The molecule has 66 heavy (non-hydrogen) atoms. The minimum absolute atomic E-state index is 0.0981. The molecule has 0 heterocycles. The van der Waals surface area contributed by atoms with Crippen LogP contribution in [0.5, 0.6) is 0 Å². The Hall–Kier alpha value is -2.37. The van der Waals surface area contributed by atoms with E-state index in [1.807, 2.05) is 0 Å². The van der Waals surface area contributed by atoms with Gasteiger partial charge in [0.25, 0.3) is 0 Å². The molecule has 0 aliphatic carbocycles. The maximum absolute atomic E-state index is 13.6. The van der Waals surface area contributed by atoms with Gasteiger partial charge in [-0.1, -0.05) is 250 Å². The summed E-state index contributed by atoms with van der Waals surface area (Å²) >= 11 is 0. The van der Waals surface area contributed by atoms with Crippen LogP contribution in [0.4, 0.5) is 0 Å². The molecule has 0 radical (unpaired) electrons. The number of hydrogen-bond donors (Lipinski definition) is 3. The Balaban J connectivity index is 5.30. The van der Waals surface area contributed by atoms with Crippen LogP contribution in [0.25, 0.3) is 0 Å². The summed E-state index contributed by atoms with van der Waals surface area (Å²) in [5.74, 6) is -3.57. The van der Waals surface area contributed by atoms with E-state index < -0.39 is 35.2 Å². The molecule has 0 fully saturated rings. The fourth-order valence-electron chi connectivity index (χ4n) is 10.2. The monoisotopic (exact) mass is 927 g/mol. The molecule has 6 nitrogen and oxygen atoms in total. The molecule has 0 aliphatic heterocycles. The van der Waals surface area contributed by atoms with Gasteiger partial charge in [-0.2, -0.15) is 0 Å². The molecular weight excluding hydrogens is 817 g/mol. The van der Waals surface area contributed by atoms with Gasteiger partial charge in [0, 0.05) is 0 Å². The third-order valence-corrected chi connectivity index (χ3v) is 14.5. The Bertz CT molecular complexity index is 1150. The van der Waals surface area contributed by atoms with E-state index in [4.69, 9.17) is 0 Å². The molecular formula is C60H110O6. The lowest BCUT2D eigenvalue weighted by atomic mass is 9.55. The topological polar surface area (TPSA) is 112 Å². The summed E-state index contributed by atoms with van der Waals surface area (Å²) in [4.78, 5) is 39.7. The van der Waals surface area contributed by atoms with Gasteiger partial charge in [-0.25, -0.2) is 0 Å². The van der Waals surface area contributed by atoms with Crippen LogP contribution in [0.15, 0.2) is 36.5 Å². The predicted octanol–water partition coefficient (Wildman–Crippen LogP) is 19.9. The van der Waals surface area contributed by atoms with Crippen LogP contribution in [0.2, 0.25) is 0 Å². The molecule has 386 valence electrons. The van der Waals surface area contributed by atoms with Crippen LogP contribution < -0.4 is 0 Å². The van der Waals surface area contributed by atoms with Crippen LogP contribution in [-0.2, 0) is 14.4 Å². The average molecular weight is 928 g/mol. The van der Waals surface area contributed by atoms with E-state index >= 15 is 0 Å². The molecule has 0 aromatic heterocycles. The normalized spacial score (nSPS) is 13.9. The van der Waals surface area contributed by atoms with Crippen molar-refractivity contribution in [1.82, 2.24) is 0 Å². The van der Waals surface area contributed by atoms with Crippen molar-refractivity contribution in [1.29, 1.82) is 0 Å². The number of carboxylic acid groups (broad SMARTS) is 3. The summed E-state index contributed by atoms with van der Waals surface area (Å²) in [7, 11) is 0. The van der Waals surface area contributed by atoms with E-state index in [0.717, 1.165) is 116 Å². The Morgan fingerprint density at radius 2 is 0.485 bits per heavy atom. The first-order chi connectivity index (χ1) is 32.2. The van der Waals surface area contributed by atoms with Crippen LogP contribution in [0.3, 0.4) is 0 Å². The number of unbranched alkanes of at least 4 members (excludes halogenated alkanes) is 36. The van der Waals surface area contributed by atoms with Gasteiger partial charge in [0.05, 0.1) is 17.3 Å². The van der Waals surface area contributed by atoms with Crippen molar-refractivity contribution in [2.75, 3.05) is 0 Å². The minimum Gasteiger partial charge on any atom is -0.481 e. The smallest absolute Gasteiger partial charge is 0.311 e. The van der Waals surface area contributed by atoms with Gasteiger partial charge in [0.2, 0.25) is 0 Å². The van der Waals surface area contributed by atoms with Crippen molar-refractivity contribution < 1.29 is 29.7 Å². The van der Waals surface area contributed by atoms with Crippen molar-refractivity contribution in [2.45, 2.75) is 316 Å². The molecule has 0 aromatic rings. The van der Waals surface area contributed by atoms with E-state index in [9.17, 15) is 29.7 Å². The largest absolute Gasteiger partial charge is 0.481 e. The second-order valence-electron chi connectivity index (χ2n) is 20.4.